The van der Waals surface area contributed by atoms with Crippen LogP contribution in [0.1, 0.15) is 48.7 Å². The lowest BCUT2D eigenvalue weighted by Gasteiger charge is -2.26. The number of piperidine rings is 1. The summed E-state index contributed by atoms with van der Waals surface area (Å²) in [6, 6.07) is 18.3. The van der Waals surface area contributed by atoms with Crippen molar-refractivity contribution in [2.75, 3.05) is 25.4 Å². The highest BCUT2D eigenvalue weighted by atomic mass is 32.2. The molecule has 2 aliphatic rings. The van der Waals surface area contributed by atoms with E-state index >= 15 is 0 Å². The van der Waals surface area contributed by atoms with Crippen LogP contribution >= 0.6 is 11.8 Å². The van der Waals surface area contributed by atoms with E-state index in [1.807, 2.05) is 30.3 Å². The Morgan fingerprint density at radius 3 is 2.65 bits per heavy atom. The average Bonchev–Trinajstić information content (AvgIpc) is 3.25. The van der Waals surface area contributed by atoms with Crippen LogP contribution in [0.2, 0.25) is 0 Å². The van der Waals surface area contributed by atoms with Crippen molar-refractivity contribution in [1.29, 1.82) is 0 Å². The van der Waals surface area contributed by atoms with E-state index in [0.29, 0.717) is 18.9 Å². The predicted octanol–water partition coefficient (Wildman–Crippen LogP) is 4.04. The van der Waals surface area contributed by atoms with Crippen LogP contribution in [0.25, 0.3) is 0 Å². The quantitative estimate of drug-likeness (QED) is 0.494. The lowest BCUT2D eigenvalue weighted by molar-refractivity contribution is -0.119. The summed E-state index contributed by atoms with van der Waals surface area (Å²) in [7, 11) is 0. The van der Waals surface area contributed by atoms with Gasteiger partial charge in [0.25, 0.3) is 0 Å². The molecule has 2 aromatic carbocycles. The number of nitrogens with one attached hydrogen (secondary N) is 1. The topological polar surface area (TPSA) is 72.3 Å². The van der Waals surface area contributed by atoms with Gasteiger partial charge in [0.05, 0.1) is 31.5 Å². The predicted molar refractivity (Wildman–Crippen MR) is 133 cm³/mol. The van der Waals surface area contributed by atoms with Crippen molar-refractivity contribution in [2.24, 2.45) is 0 Å². The number of thioether (sulfide) groups is 1. The van der Waals surface area contributed by atoms with Crippen molar-refractivity contribution in [3.63, 3.8) is 0 Å². The monoisotopic (exact) mass is 477 g/mol. The van der Waals surface area contributed by atoms with E-state index in [1.165, 1.54) is 36.6 Å². The van der Waals surface area contributed by atoms with Crippen LogP contribution < -0.4 is 10.1 Å². The summed E-state index contributed by atoms with van der Waals surface area (Å²) in [5.74, 6) is 2.12. The molecule has 0 saturated carbocycles. The third kappa shape index (κ3) is 5.62. The van der Waals surface area contributed by atoms with Crippen LogP contribution in [0.4, 0.5) is 0 Å². The number of carbonyl (C=O) groups excluding carboxylic acids is 1. The maximum atomic E-state index is 12.8. The fourth-order valence-corrected chi connectivity index (χ4v) is 5.41. The molecule has 0 aliphatic carbocycles. The first-order valence-electron chi connectivity index (χ1n) is 12.1. The number of amides is 1. The lowest BCUT2D eigenvalue weighted by Crippen LogP contribution is -2.33. The Hall–Kier alpha value is -2.84. The third-order valence-electron chi connectivity index (χ3n) is 6.42. The van der Waals surface area contributed by atoms with Crippen LogP contribution in [-0.2, 0) is 17.9 Å². The summed E-state index contributed by atoms with van der Waals surface area (Å²) >= 11 is 1.45. The van der Waals surface area contributed by atoms with Gasteiger partial charge in [-0.2, -0.15) is 0 Å². The van der Waals surface area contributed by atoms with Crippen LogP contribution in [0.5, 0.6) is 5.75 Å². The Balaban J connectivity index is 1.26. The summed E-state index contributed by atoms with van der Waals surface area (Å²) in [5.41, 5.74) is 2.25. The smallest absolute Gasteiger partial charge is 0.230 e. The number of nitrogens with zero attached hydrogens (tertiary/aromatic N) is 4. The fourth-order valence-electron chi connectivity index (χ4n) is 4.64. The molecule has 178 valence electrons. The number of fused-ring (bicyclic) bond motifs is 1. The Morgan fingerprint density at radius 1 is 1.00 bits per heavy atom. The minimum absolute atomic E-state index is 0.00135. The molecular weight excluding hydrogens is 446 g/mol. The number of carbonyl (C=O) groups is 1. The Labute approximate surface area is 204 Å². The molecule has 34 heavy (non-hydrogen) atoms. The molecule has 1 aromatic heterocycles. The molecule has 0 bridgehead atoms. The van der Waals surface area contributed by atoms with E-state index in [0.717, 1.165) is 48.3 Å². The van der Waals surface area contributed by atoms with Gasteiger partial charge in [-0.25, -0.2) is 0 Å². The Kier molecular flexibility index (Phi) is 7.46. The second-order valence-corrected chi connectivity index (χ2v) is 9.83. The van der Waals surface area contributed by atoms with Crippen LogP contribution in [0.3, 0.4) is 0 Å². The van der Waals surface area contributed by atoms with E-state index in [4.69, 9.17) is 4.74 Å². The minimum Gasteiger partial charge on any atom is -0.493 e. The standard InChI is InChI=1S/C26H31N5O2S/c32-25(27-22-13-16-33-23-12-6-5-11-21(22)23)19-34-26-29-28-24(18-30-14-7-2-8-15-30)31(26)17-20-9-3-1-4-10-20/h1,3-6,9-12,22H,2,7-8,13-19H2,(H,27,32). The molecule has 1 unspecified atom stereocenters. The Bertz CT molecular complexity index is 1100. The molecule has 3 aromatic rings. The average molecular weight is 478 g/mol. The van der Waals surface area contributed by atoms with Gasteiger partial charge in [-0.15, -0.1) is 10.2 Å². The van der Waals surface area contributed by atoms with Gasteiger partial charge in [-0.1, -0.05) is 66.7 Å². The van der Waals surface area contributed by atoms with Gasteiger partial charge in [-0.05, 0) is 37.6 Å². The molecular formula is C26H31N5O2S. The fraction of sp³-hybridized carbons (Fsp3) is 0.423. The molecule has 0 spiro atoms. The number of aromatic nitrogens is 3. The summed E-state index contributed by atoms with van der Waals surface area (Å²) in [6.07, 6.45) is 4.56. The van der Waals surface area contributed by atoms with E-state index in [2.05, 4.69) is 49.2 Å². The van der Waals surface area contributed by atoms with Gasteiger partial charge < -0.3 is 14.6 Å². The number of rotatable bonds is 8. The van der Waals surface area contributed by atoms with E-state index in [-0.39, 0.29) is 11.9 Å². The lowest BCUT2D eigenvalue weighted by atomic mass is 10.0. The van der Waals surface area contributed by atoms with Gasteiger partial charge in [0.1, 0.15) is 11.6 Å². The molecule has 1 N–H and O–H groups in total. The normalized spacial score (nSPS) is 18.2. The Morgan fingerprint density at radius 2 is 1.79 bits per heavy atom. The van der Waals surface area contributed by atoms with Crippen molar-refractivity contribution >= 4 is 17.7 Å². The number of benzene rings is 2. The van der Waals surface area contributed by atoms with Crippen LogP contribution in [0, 0.1) is 0 Å². The highest BCUT2D eigenvalue weighted by Gasteiger charge is 2.23. The molecule has 1 atom stereocenters. The molecule has 3 heterocycles. The first kappa shape index (κ1) is 22.9. The third-order valence-corrected chi connectivity index (χ3v) is 7.38. The van der Waals surface area contributed by atoms with Crippen molar-refractivity contribution in [3.05, 3.63) is 71.5 Å². The number of hydrogen-bond donors (Lipinski definition) is 1. The molecule has 8 heteroatoms. The van der Waals surface area contributed by atoms with Gasteiger partial charge in [0.2, 0.25) is 5.91 Å². The van der Waals surface area contributed by atoms with E-state index < -0.39 is 0 Å². The molecule has 2 aliphatic heterocycles. The highest BCUT2D eigenvalue weighted by Crippen LogP contribution is 2.31. The summed E-state index contributed by atoms with van der Waals surface area (Å²) in [5, 5.41) is 13.0. The largest absolute Gasteiger partial charge is 0.493 e. The molecule has 1 saturated heterocycles. The number of likely N-dealkylation sites (tertiary alicyclic amines) is 1. The van der Waals surface area contributed by atoms with Crippen molar-refractivity contribution in [1.82, 2.24) is 25.0 Å². The zero-order valence-electron chi connectivity index (χ0n) is 19.4. The highest BCUT2D eigenvalue weighted by molar-refractivity contribution is 7.99. The molecule has 5 rings (SSSR count). The van der Waals surface area contributed by atoms with Crippen molar-refractivity contribution in [3.8, 4) is 5.75 Å². The van der Waals surface area contributed by atoms with Gasteiger partial charge in [0, 0.05) is 12.0 Å². The zero-order valence-corrected chi connectivity index (χ0v) is 20.2. The molecule has 0 radical (unpaired) electrons. The van der Waals surface area contributed by atoms with Crippen LogP contribution in [0.15, 0.2) is 59.8 Å². The van der Waals surface area contributed by atoms with E-state index in [1.54, 1.807) is 0 Å². The molecule has 1 fully saturated rings. The number of ether oxygens (including phenoxy) is 1. The minimum atomic E-state index is -0.0186. The van der Waals surface area contributed by atoms with E-state index in [9.17, 15) is 4.79 Å². The maximum Gasteiger partial charge on any atom is 0.230 e. The maximum absolute atomic E-state index is 12.8. The number of hydrogen-bond acceptors (Lipinski definition) is 6. The van der Waals surface area contributed by atoms with Crippen molar-refractivity contribution < 1.29 is 9.53 Å². The summed E-state index contributed by atoms with van der Waals surface area (Å²) in [6.45, 7) is 4.32. The van der Waals surface area contributed by atoms with Gasteiger partial charge in [0.15, 0.2) is 5.16 Å². The van der Waals surface area contributed by atoms with Gasteiger partial charge in [-0.3, -0.25) is 9.69 Å². The first-order chi connectivity index (χ1) is 16.8. The second kappa shape index (κ2) is 11.1. The SMILES string of the molecule is O=C(CSc1nnc(CN2CCCCC2)n1Cc1ccccc1)NC1CCOc2ccccc21. The second-order valence-electron chi connectivity index (χ2n) is 8.89. The first-order valence-corrected chi connectivity index (χ1v) is 13.1. The molecule has 1 amide bonds. The van der Waals surface area contributed by atoms with Crippen molar-refractivity contribution in [2.45, 2.75) is 50.0 Å². The van der Waals surface area contributed by atoms with Crippen LogP contribution in [-0.4, -0.2) is 51.0 Å². The number of para-hydroxylation sites is 1. The molecule has 7 nitrogen and oxygen atoms in total. The van der Waals surface area contributed by atoms with Gasteiger partial charge >= 0.3 is 0 Å². The summed E-state index contributed by atoms with van der Waals surface area (Å²) < 4.78 is 7.89. The summed E-state index contributed by atoms with van der Waals surface area (Å²) in [4.78, 5) is 15.3. The zero-order chi connectivity index (χ0) is 23.2.